The number of hydrogen-bond donors (Lipinski definition) is 9. The highest BCUT2D eigenvalue weighted by Gasteiger charge is 2.14. The number of carbonyl (C=O) groups is 2. The van der Waals surface area contributed by atoms with Crippen LogP contribution in [0.5, 0.6) is 0 Å². The lowest BCUT2D eigenvalue weighted by Crippen LogP contribution is -2.42. The van der Waals surface area contributed by atoms with Gasteiger partial charge in [-0.05, 0) is 103 Å². The summed E-state index contributed by atoms with van der Waals surface area (Å²) in [6.45, 7) is 7.99. The van der Waals surface area contributed by atoms with E-state index in [0.717, 1.165) is 89.5 Å². The van der Waals surface area contributed by atoms with E-state index in [4.69, 9.17) is 33.8 Å². The summed E-state index contributed by atoms with van der Waals surface area (Å²) < 4.78 is 0. The second-order valence-corrected chi connectivity index (χ2v) is 12.7. The number of nitrogens with two attached hydrogens (primary N) is 4. The fourth-order valence-electron chi connectivity index (χ4n) is 5.21. The van der Waals surface area contributed by atoms with Crippen molar-refractivity contribution >= 4 is 56.2 Å². The molecule has 0 aliphatic carbocycles. The molecule has 0 fully saturated rings. The maximum absolute atomic E-state index is 12.5. The van der Waals surface area contributed by atoms with E-state index in [9.17, 15) is 9.59 Å². The first-order chi connectivity index (χ1) is 22.0. The Morgan fingerprint density at radius 2 is 1.12 bits per heavy atom. The molecule has 0 aliphatic heterocycles. The molecule has 0 radical (unpaired) electrons. The quantitative estimate of drug-likeness (QED) is 0.0355. The van der Waals surface area contributed by atoms with Crippen LogP contribution < -0.4 is 38.9 Å². The van der Waals surface area contributed by atoms with E-state index in [-0.39, 0.29) is 50.5 Å². The summed E-state index contributed by atoms with van der Waals surface area (Å²) in [7, 11) is 0. The Kier molecular flexibility index (Phi) is 29.2. The van der Waals surface area contributed by atoms with Gasteiger partial charge in [0.2, 0.25) is 11.8 Å². The number of nitrogens with zero attached hydrogens (tertiary/aromatic N) is 1. The number of hydrogen-bond acceptors (Lipinski definition) is 8. The summed E-state index contributed by atoms with van der Waals surface area (Å²) >= 11 is 0. The minimum atomic E-state index is -0.522. The maximum atomic E-state index is 12.5. The molecule has 12 nitrogen and oxygen atoms in total. The van der Waals surface area contributed by atoms with Gasteiger partial charge in [-0.1, -0.05) is 37.8 Å². The zero-order valence-corrected chi connectivity index (χ0v) is 31.5. The number of amidine groups is 2. The summed E-state index contributed by atoms with van der Waals surface area (Å²) in [6.07, 6.45) is 11.2. The van der Waals surface area contributed by atoms with E-state index < -0.39 is 12.1 Å². The van der Waals surface area contributed by atoms with Crippen molar-refractivity contribution < 1.29 is 9.59 Å². The highest BCUT2D eigenvalue weighted by molar-refractivity contribution is 7.59. The number of benzene rings is 1. The van der Waals surface area contributed by atoms with E-state index in [1.807, 2.05) is 0 Å². The number of rotatable bonds is 28. The first-order valence-corrected chi connectivity index (χ1v) is 17.3. The van der Waals surface area contributed by atoms with E-state index in [0.29, 0.717) is 44.8 Å². The Morgan fingerprint density at radius 1 is 0.688 bits per heavy atom. The molecule has 0 saturated carbocycles. The van der Waals surface area contributed by atoms with Crippen molar-refractivity contribution in [2.24, 2.45) is 22.9 Å². The zero-order valence-electron chi connectivity index (χ0n) is 29.5. The summed E-state index contributed by atoms with van der Waals surface area (Å²) in [5.74, 6) is 0.156. The van der Waals surface area contributed by atoms with Gasteiger partial charge in [0.25, 0.3) is 0 Å². The van der Waals surface area contributed by atoms with Gasteiger partial charge in [-0.15, -0.1) is 0 Å². The van der Waals surface area contributed by atoms with E-state index >= 15 is 0 Å². The molecule has 14 heteroatoms. The lowest BCUT2D eigenvalue weighted by molar-refractivity contribution is -0.123. The standard InChI is InChI=1S/C34H64N10O2.2H2S/c1-26(2)43-28-19-17-27(18-20-28)12-9-23-44(24-10-21-41-33(45)29(35)13-5-3-7-15-31(37)38)25-11-22-42-34(46)30(36)14-6-4-8-16-32(39)40;;/h17-20,26,29-30,43H,3-16,21-25,35-36H2,1-2H3,(H3,37,38)(H3,39,40)(H,41,45)(H,42,46);2*1H2/t29-,30-;;/m0../s1. The van der Waals surface area contributed by atoms with E-state index in [2.05, 4.69) is 59.0 Å². The topological polar surface area (TPSA) is 225 Å². The van der Waals surface area contributed by atoms with Crippen LogP contribution in [0.2, 0.25) is 0 Å². The van der Waals surface area contributed by atoms with Crippen LogP contribution in [0, 0.1) is 10.8 Å². The maximum Gasteiger partial charge on any atom is 0.236 e. The van der Waals surface area contributed by atoms with E-state index in [1.165, 1.54) is 5.56 Å². The number of nitrogens with one attached hydrogen (secondary N) is 5. The van der Waals surface area contributed by atoms with Crippen LogP contribution >= 0.6 is 27.0 Å². The van der Waals surface area contributed by atoms with Crippen LogP contribution in [-0.4, -0.2) is 79.2 Å². The fraction of sp³-hybridized carbons (Fsp3) is 0.706. The van der Waals surface area contributed by atoms with Gasteiger partial charge in [0.1, 0.15) is 0 Å². The number of amides is 2. The van der Waals surface area contributed by atoms with Gasteiger partial charge in [-0.2, -0.15) is 27.0 Å². The van der Waals surface area contributed by atoms with Crippen LogP contribution in [0.3, 0.4) is 0 Å². The molecule has 48 heavy (non-hydrogen) atoms. The third-order valence-corrected chi connectivity index (χ3v) is 7.85. The number of anilines is 1. The minimum absolute atomic E-state index is 0. The van der Waals surface area contributed by atoms with Crippen molar-refractivity contribution in [2.45, 2.75) is 122 Å². The van der Waals surface area contributed by atoms with Gasteiger partial charge in [0.05, 0.1) is 23.8 Å². The van der Waals surface area contributed by atoms with Crippen LogP contribution in [-0.2, 0) is 16.0 Å². The largest absolute Gasteiger partial charge is 0.388 e. The lowest BCUT2D eigenvalue weighted by atomic mass is 10.1. The van der Waals surface area contributed by atoms with Crippen molar-refractivity contribution in [2.75, 3.05) is 38.0 Å². The normalized spacial score (nSPS) is 12.0. The van der Waals surface area contributed by atoms with Crippen molar-refractivity contribution in [3.8, 4) is 0 Å². The molecule has 1 aromatic rings. The zero-order chi connectivity index (χ0) is 34.2. The number of aryl methyl sites for hydroxylation is 1. The molecule has 0 saturated heterocycles. The molecular formula is C34H68N10O2S2. The first-order valence-electron chi connectivity index (χ1n) is 17.3. The SMILES string of the molecule is CC(C)Nc1ccc(CCCN(CCCNC(=O)[C@@H](N)CCCCCC(=N)N)CCCNC(=O)[C@@H](N)CCCCCC(=N)N)cc1.S.S. The molecule has 1 aromatic carbocycles. The summed E-state index contributed by atoms with van der Waals surface area (Å²) in [4.78, 5) is 27.3. The van der Waals surface area contributed by atoms with Crippen LogP contribution in [0.25, 0.3) is 0 Å². The highest BCUT2D eigenvalue weighted by Crippen LogP contribution is 2.13. The smallest absolute Gasteiger partial charge is 0.236 e. The molecule has 2 atom stereocenters. The Morgan fingerprint density at radius 3 is 1.54 bits per heavy atom. The molecule has 1 rings (SSSR count). The molecule has 0 aromatic heterocycles. The minimum Gasteiger partial charge on any atom is -0.388 e. The van der Waals surface area contributed by atoms with E-state index in [1.54, 1.807) is 0 Å². The van der Waals surface area contributed by atoms with Crippen molar-refractivity contribution in [3.05, 3.63) is 29.8 Å². The summed E-state index contributed by atoms with van der Waals surface area (Å²) in [6, 6.07) is 7.97. The molecule has 0 bridgehead atoms. The average Bonchev–Trinajstić information content (AvgIpc) is 3.00. The summed E-state index contributed by atoms with van der Waals surface area (Å²) in [5, 5.41) is 24.0. The molecule has 0 heterocycles. The fourth-order valence-corrected chi connectivity index (χ4v) is 5.21. The third-order valence-electron chi connectivity index (χ3n) is 7.85. The van der Waals surface area contributed by atoms with Gasteiger partial charge < -0.3 is 43.8 Å². The Balaban J connectivity index is 0. The Bertz CT molecular complexity index is 964. The molecule has 278 valence electrons. The van der Waals surface area contributed by atoms with Gasteiger partial charge in [-0.3, -0.25) is 20.4 Å². The van der Waals surface area contributed by atoms with Crippen molar-refractivity contribution in [1.82, 2.24) is 15.5 Å². The van der Waals surface area contributed by atoms with Crippen LogP contribution in [0.15, 0.2) is 24.3 Å². The van der Waals surface area contributed by atoms with Crippen LogP contribution in [0.1, 0.15) is 103 Å². The second kappa shape index (κ2) is 29.4. The molecule has 0 aliphatic rings. The molecular weight excluding hydrogens is 645 g/mol. The van der Waals surface area contributed by atoms with Gasteiger partial charge in [0, 0.05) is 37.7 Å². The molecule has 2 amide bonds. The average molecular weight is 713 g/mol. The number of unbranched alkanes of at least 4 members (excludes halogenated alkanes) is 4. The van der Waals surface area contributed by atoms with Crippen molar-refractivity contribution in [1.29, 1.82) is 10.8 Å². The Hall–Kier alpha value is -2.52. The van der Waals surface area contributed by atoms with Gasteiger partial charge in [0.15, 0.2) is 0 Å². The Labute approximate surface area is 303 Å². The predicted molar refractivity (Wildman–Crippen MR) is 212 cm³/mol. The second-order valence-electron chi connectivity index (χ2n) is 12.7. The lowest BCUT2D eigenvalue weighted by Gasteiger charge is -2.23. The van der Waals surface area contributed by atoms with Crippen LogP contribution in [0.4, 0.5) is 5.69 Å². The van der Waals surface area contributed by atoms with Gasteiger partial charge >= 0.3 is 0 Å². The highest BCUT2D eigenvalue weighted by atomic mass is 32.1. The third kappa shape index (κ3) is 25.5. The van der Waals surface area contributed by atoms with Gasteiger partial charge in [-0.25, -0.2) is 0 Å². The monoisotopic (exact) mass is 712 g/mol. The molecule has 13 N–H and O–H groups in total. The first kappa shape index (κ1) is 47.6. The molecule has 0 spiro atoms. The summed E-state index contributed by atoms with van der Waals surface area (Å²) in [5.41, 5.74) is 25.4. The predicted octanol–water partition coefficient (Wildman–Crippen LogP) is 3.41. The van der Waals surface area contributed by atoms with Crippen molar-refractivity contribution in [3.63, 3.8) is 0 Å². The number of carbonyl (C=O) groups excluding carboxylic acids is 2. The molecule has 0 unspecified atom stereocenters.